The van der Waals surface area contributed by atoms with Gasteiger partial charge in [-0.3, -0.25) is 9.59 Å². The SMILES string of the molecule is COc1ccccc1C(=O)NC1CCN(C(=O)c2cn(-c3cccc(Cl)c3)nn2)CC1. The van der Waals surface area contributed by atoms with E-state index in [-0.39, 0.29) is 23.6 Å². The van der Waals surface area contributed by atoms with Crippen molar-refractivity contribution < 1.29 is 14.3 Å². The Morgan fingerprint density at radius 1 is 1.13 bits per heavy atom. The summed E-state index contributed by atoms with van der Waals surface area (Å²) in [5.41, 5.74) is 1.51. The van der Waals surface area contributed by atoms with Crippen molar-refractivity contribution in [3.05, 3.63) is 71.0 Å². The lowest BCUT2D eigenvalue weighted by molar-refractivity contribution is 0.0692. The number of nitrogens with one attached hydrogen (secondary N) is 1. The molecule has 31 heavy (non-hydrogen) atoms. The maximum Gasteiger partial charge on any atom is 0.276 e. The number of aromatic nitrogens is 3. The highest BCUT2D eigenvalue weighted by atomic mass is 35.5. The summed E-state index contributed by atoms with van der Waals surface area (Å²) in [6, 6.07) is 14.3. The van der Waals surface area contributed by atoms with Crippen molar-refractivity contribution in [2.24, 2.45) is 0 Å². The van der Waals surface area contributed by atoms with E-state index in [2.05, 4.69) is 15.6 Å². The number of carbonyl (C=O) groups excluding carboxylic acids is 2. The average Bonchev–Trinajstić information content (AvgIpc) is 3.29. The number of amides is 2. The van der Waals surface area contributed by atoms with Crippen LogP contribution in [0.4, 0.5) is 0 Å². The van der Waals surface area contributed by atoms with Crippen molar-refractivity contribution >= 4 is 23.4 Å². The number of halogens is 1. The molecule has 1 N–H and O–H groups in total. The van der Waals surface area contributed by atoms with Gasteiger partial charge in [-0.25, -0.2) is 4.68 Å². The monoisotopic (exact) mass is 439 g/mol. The fourth-order valence-electron chi connectivity index (χ4n) is 3.59. The lowest BCUT2D eigenvalue weighted by Gasteiger charge is -2.32. The topological polar surface area (TPSA) is 89.4 Å². The third-order valence-corrected chi connectivity index (χ3v) is 5.49. The van der Waals surface area contributed by atoms with Crippen molar-refractivity contribution in [1.29, 1.82) is 0 Å². The number of piperidine rings is 1. The summed E-state index contributed by atoms with van der Waals surface area (Å²) in [5, 5.41) is 11.7. The Kier molecular flexibility index (Phi) is 6.18. The molecule has 1 aliphatic heterocycles. The van der Waals surface area contributed by atoms with Crippen LogP contribution >= 0.6 is 11.6 Å². The average molecular weight is 440 g/mol. The second-order valence-corrected chi connectivity index (χ2v) is 7.70. The van der Waals surface area contributed by atoms with Gasteiger partial charge in [0.25, 0.3) is 11.8 Å². The van der Waals surface area contributed by atoms with E-state index in [4.69, 9.17) is 16.3 Å². The quantitative estimate of drug-likeness (QED) is 0.660. The maximum absolute atomic E-state index is 12.8. The van der Waals surface area contributed by atoms with Gasteiger partial charge in [-0.15, -0.1) is 5.10 Å². The van der Waals surface area contributed by atoms with Crippen LogP contribution in [-0.4, -0.2) is 57.9 Å². The molecule has 1 fully saturated rings. The number of ether oxygens (including phenoxy) is 1. The molecule has 0 unspecified atom stereocenters. The molecule has 0 saturated carbocycles. The molecule has 1 aliphatic rings. The Labute approximate surface area is 184 Å². The highest BCUT2D eigenvalue weighted by Crippen LogP contribution is 2.19. The number of rotatable bonds is 5. The predicted molar refractivity (Wildman–Crippen MR) is 116 cm³/mol. The summed E-state index contributed by atoms with van der Waals surface area (Å²) in [5.74, 6) is 0.185. The first-order valence-electron chi connectivity index (χ1n) is 9.96. The number of hydrogen-bond acceptors (Lipinski definition) is 5. The van der Waals surface area contributed by atoms with E-state index in [0.717, 1.165) is 5.69 Å². The fourth-order valence-corrected chi connectivity index (χ4v) is 3.78. The van der Waals surface area contributed by atoms with Crippen molar-refractivity contribution in [1.82, 2.24) is 25.2 Å². The molecule has 2 heterocycles. The van der Waals surface area contributed by atoms with Crippen molar-refractivity contribution in [2.45, 2.75) is 18.9 Å². The van der Waals surface area contributed by atoms with E-state index in [0.29, 0.717) is 42.3 Å². The largest absolute Gasteiger partial charge is 0.496 e. The minimum Gasteiger partial charge on any atom is -0.496 e. The lowest BCUT2D eigenvalue weighted by atomic mass is 10.0. The van der Waals surface area contributed by atoms with Crippen LogP contribution < -0.4 is 10.1 Å². The number of benzene rings is 2. The number of likely N-dealkylation sites (tertiary alicyclic amines) is 1. The molecule has 8 nitrogen and oxygen atoms in total. The highest BCUT2D eigenvalue weighted by Gasteiger charge is 2.27. The lowest BCUT2D eigenvalue weighted by Crippen LogP contribution is -2.46. The molecule has 0 aliphatic carbocycles. The Morgan fingerprint density at radius 2 is 1.90 bits per heavy atom. The maximum atomic E-state index is 12.8. The molecule has 160 valence electrons. The number of methoxy groups -OCH3 is 1. The summed E-state index contributed by atoms with van der Waals surface area (Å²) in [6.07, 6.45) is 2.92. The van der Waals surface area contributed by atoms with Gasteiger partial charge in [0.05, 0.1) is 24.6 Å². The Balaban J connectivity index is 1.35. The zero-order valence-corrected chi connectivity index (χ0v) is 17.7. The molecule has 4 rings (SSSR count). The summed E-state index contributed by atoms with van der Waals surface area (Å²) in [4.78, 5) is 27.1. The second kappa shape index (κ2) is 9.18. The van der Waals surface area contributed by atoms with Crippen LogP contribution in [0.25, 0.3) is 5.69 Å². The molecule has 3 aromatic rings. The minimum atomic E-state index is -0.178. The normalized spacial score (nSPS) is 14.3. The molecule has 1 aromatic heterocycles. The van der Waals surface area contributed by atoms with Gasteiger partial charge in [0, 0.05) is 24.2 Å². The van der Waals surface area contributed by atoms with E-state index in [1.165, 1.54) is 4.68 Å². The van der Waals surface area contributed by atoms with Crippen molar-refractivity contribution in [2.75, 3.05) is 20.2 Å². The predicted octanol–water partition coefficient (Wildman–Crippen LogP) is 2.96. The van der Waals surface area contributed by atoms with Gasteiger partial charge in [-0.1, -0.05) is 35.0 Å². The van der Waals surface area contributed by atoms with Gasteiger partial charge >= 0.3 is 0 Å². The van der Waals surface area contributed by atoms with Gasteiger partial charge in [0.15, 0.2) is 5.69 Å². The smallest absolute Gasteiger partial charge is 0.276 e. The van der Waals surface area contributed by atoms with E-state index in [1.54, 1.807) is 48.5 Å². The Bertz CT molecular complexity index is 1090. The molecule has 0 radical (unpaired) electrons. The molecule has 9 heteroatoms. The number of para-hydroxylation sites is 1. The first-order chi connectivity index (χ1) is 15.0. The molecule has 0 spiro atoms. The van der Waals surface area contributed by atoms with E-state index < -0.39 is 0 Å². The Hall–Kier alpha value is -3.39. The third-order valence-electron chi connectivity index (χ3n) is 5.25. The summed E-state index contributed by atoms with van der Waals surface area (Å²) in [7, 11) is 1.54. The van der Waals surface area contributed by atoms with Crippen molar-refractivity contribution in [3.8, 4) is 11.4 Å². The van der Waals surface area contributed by atoms with Crippen LogP contribution in [-0.2, 0) is 0 Å². The molecule has 1 saturated heterocycles. The van der Waals surface area contributed by atoms with E-state index in [1.807, 2.05) is 18.2 Å². The van der Waals surface area contributed by atoms with Gasteiger partial charge < -0.3 is 15.0 Å². The van der Waals surface area contributed by atoms with Crippen LogP contribution in [0.5, 0.6) is 5.75 Å². The van der Waals surface area contributed by atoms with E-state index in [9.17, 15) is 9.59 Å². The van der Waals surface area contributed by atoms with Gasteiger partial charge in [0.1, 0.15) is 5.75 Å². The first kappa shape index (κ1) is 20.9. The number of hydrogen-bond donors (Lipinski definition) is 1. The first-order valence-corrected chi connectivity index (χ1v) is 10.3. The molecule has 2 aromatic carbocycles. The molecule has 0 atom stereocenters. The zero-order valence-electron chi connectivity index (χ0n) is 17.0. The van der Waals surface area contributed by atoms with Crippen LogP contribution in [0.3, 0.4) is 0 Å². The van der Waals surface area contributed by atoms with E-state index >= 15 is 0 Å². The van der Waals surface area contributed by atoms with Crippen LogP contribution in [0.1, 0.15) is 33.7 Å². The Morgan fingerprint density at radius 3 is 2.65 bits per heavy atom. The molecular weight excluding hydrogens is 418 g/mol. The van der Waals surface area contributed by atoms with Crippen LogP contribution in [0.2, 0.25) is 5.02 Å². The molecule has 0 bridgehead atoms. The van der Waals surface area contributed by atoms with Crippen LogP contribution in [0, 0.1) is 0 Å². The zero-order chi connectivity index (χ0) is 21.8. The summed E-state index contributed by atoms with van der Waals surface area (Å²) < 4.78 is 6.78. The van der Waals surface area contributed by atoms with Crippen molar-refractivity contribution in [3.63, 3.8) is 0 Å². The standard InChI is InChI=1S/C22H22ClN5O3/c1-31-20-8-3-2-7-18(20)21(29)24-16-9-11-27(12-10-16)22(30)19-14-28(26-25-19)17-6-4-5-15(23)13-17/h2-8,13-14,16H,9-12H2,1H3,(H,24,29). The summed E-state index contributed by atoms with van der Waals surface area (Å²) >= 11 is 6.02. The van der Waals surface area contributed by atoms with Gasteiger partial charge in [0.2, 0.25) is 0 Å². The molecule has 2 amide bonds. The van der Waals surface area contributed by atoms with Crippen LogP contribution in [0.15, 0.2) is 54.7 Å². The number of carbonyl (C=O) groups is 2. The molecular formula is C22H22ClN5O3. The van der Waals surface area contributed by atoms with Gasteiger partial charge in [-0.05, 0) is 43.2 Å². The summed E-state index contributed by atoms with van der Waals surface area (Å²) in [6.45, 7) is 1.06. The minimum absolute atomic E-state index is 0.0106. The number of nitrogens with zero attached hydrogens (tertiary/aromatic N) is 4. The highest BCUT2D eigenvalue weighted by molar-refractivity contribution is 6.30. The second-order valence-electron chi connectivity index (χ2n) is 7.27. The third kappa shape index (κ3) is 4.69. The fraction of sp³-hybridized carbons (Fsp3) is 0.273. The van der Waals surface area contributed by atoms with Gasteiger partial charge in [-0.2, -0.15) is 0 Å².